The lowest BCUT2D eigenvalue weighted by Gasteiger charge is -2.19. The molecule has 0 aromatic heterocycles. The summed E-state index contributed by atoms with van der Waals surface area (Å²) in [5, 5.41) is 0. The van der Waals surface area contributed by atoms with Crippen LogP contribution >= 0.6 is 34.2 Å². The number of hydrogen-bond acceptors (Lipinski definition) is 1. The molecular formula is C12H13ClINO. The molecular weight excluding hydrogens is 336 g/mol. The molecule has 1 aliphatic heterocycles. The smallest absolute Gasteiger partial charge is 0.227 e. The average molecular weight is 350 g/mol. The van der Waals surface area contributed by atoms with Crippen LogP contribution < -0.4 is 4.90 Å². The van der Waals surface area contributed by atoms with Gasteiger partial charge in [0.05, 0.1) is 5.69 Å². The SMILES string of the molecule is Cc1cccc(N2CC(CCl)CC2=O)c1I. The third kappa shape index (κ3) is 2.20. The molecule has 1 aromatic carbocycles. The number of nitrogens with zero attached hydrogens (tertiary/aromatic N) is 1. The van der Waals surface area contributed by atoms with Gasteiger partial charge in [0.2, 0.25) is 5.91 Å². The van der Waals surface area contributed by atoms with Gasteiger partial charge in [-0.2, -0.15) is 0 Å². The van der Waals surface area contributed by atoms with Crippen LogP contribution in [0, 0.1) is 16.4 Å². The highest BCUT2D eigenvalue weighted by molar-refractivity contribution is 14.1. The van der Waals surface area contributed by atoms with E-state index in [1.165, 1.54) is 5.56 Å². The predicted octanol–water partition coefficient (Wildman–Crippen LogP) is 3.19. The highest BCUT2D eigenvalue weighted by atomic mass is 127. The molecule has 1 unspecified atom stereocenters. The third-order valence-electron chi connectivity index (χ3n) is 2.89. The van der Waals surface area contributed by atoms with Gasteiger partial charge in [-0.15, -0.1) is 11.6 Å². The summed E-state index contributed by atoms with van der Waals surface area (Å²) in [6.45, 7) is 2.81. The van der Waals surface area contributed by atoms with E-state index in [0.29, 0.717) is 18.2 Å². The van der Waals surface area contributed by atoms with Gasteiger partial charge in [0.1, 0.15) is 0 Å². The van der Waals surface area contributed by atoms with Crippen molar-refractivity contribution >= 4 is 45.8 Å². The zero-order chi connectivity index (χ0) is 11.7. The second-order valence-corrected chi connectivity index (χ2v) is 5.52. The number of hydrogen-bond donors (Lipinski definition) is 0. The van der Waals surface area contributed by atoms with E-state index in [-0.39, 0.29) is 5.91 Å². The largest absolute Gasteiger partial charge is 0.311 e. The lowest BCUT2D eigenvalue weighted by molar-refractivity contribution is -0.117. The van der Waals surface area contributed by atoms with E-state index in [1.54, 1.807) is 0 Å². The first-order valence-corrected chi connectivity index (χ1v) is 6.86. The summed E-state index contributed by atoms with van der Waals surface area (Å²) in [5.74, 6) is 1.05. The number of benzene rings is 1. The maximum atomic E-state index is 11.9. The molecule has 1 heterocycles. The first kappa shape index (κ1) is 12.2. The molecule has 0 aliphatic carbocycles. The van der Waals surface area contributed by atoms with Crippen LogP contribution in [0.5, 0.6) is 0 Å². The van der Waals surface area contributed by atoms with E-state index >= 15 is 0 Å². The average Bonchev–Trinajstić information content (AvgIpc) is 2.64. The van der Waals surface area contributed by atoms with Gasteiger partial charge in [0.25, 0.3) is 0 Å². The summed E-state index contributed by atoms with van der Waals surface area (Å²) < 4.78 is 1.16. The van der Waals surface area contributed by atoms with E-state index in [9.17, 15) is 4.79 Å². The highest BCUT2D eigenvalue weighted by Crippen LogP contribution is 2.31. The van der Waals surface area contributed by atoms with Crippen molar-refractivity contribution in [1.29, 1.82) is 0 Å². The molecule has 0 N–H and O–H groups in total. The molecule has 86 valence electrons. The van der Waals surface area contributed by atoms with Crippen LogP contribution in [-0.2, 0) is 4.79 Å². The van der Waals surface area contributed by atoms with Gasteiger partial charge in [-0.25, -0.2) is 0 Å². The molecule has 16 heavy (non-hydrogen) atoms. The van der Waals surface area contributed by atoms with Gasteiger partial charge >= 0.3 is 0 Å². The predicted molar refractivity (Wildman–Crippen MR) is 75.1 cm³/mol. The Morgan fingerprint density at radius 3 is 2.94 bits per heavy atom. The Morgan fingerprint density at radius 2 is 2.31 bits per heavy atom. The fourth-order valence-electron chi connectivity index (χ4n) is 1.96. The topological polar surface area (TPSA) is 20.3 Å². The maximum absolute atomic E-state index is 11.9. The molecule has 4 heteroatoms. The van der Waals surface area contributed by atoms with E-state index < -0.39 is 0 Å². The van der Waals surface area contributed by atoms with E-state index in [0.717, 1.165) is 15.8 Å². The van der Waals surface area contributed by atoms with Gasteiger partial charge in [0, 0.05) is 22.4 Å². The lowest BCUT2D eigenvalue weighted by atomic mass is 10.1. The van der Waals surface area contributed by atoms with E-state index in [2.05, 4.69) is 35.6 Å². The number of aryl methyl sites for hydroxylation is 1. The monoisotopic (exact) mass is 349 g/mol. The Kier molecular flexibility index (Phi) is 3.74. The fourth-order valence-corrected chi connectivity index (χ4v) is 2.82. The zero-order valence-electron chi connectivity index (χ0n) is 9.04. The van der Waals surface area contributed by atoms with Crippen molar-refractivity contribution < 1.29 is 4.79 Å². The number of rotatable bonds is 2. The lowest BCUT2D eigenvalue weighted by Crippen LogP contribution is -2.25. The van der Waals surface area contributed by atoms with Crippen molar-refractivity contribution in [3.05, 3.63) is 27.3 Å². The fraction of sp³-hybridized carbons (Fsp3) is 0.417. The van der Waals surface area contributed by atoms with Crippen molar-refractivity contribution in [3.63, 3.8) is 0 Å². The van der Waals surface area contributed by atoms with Crippen molar-refractivity contribution in [3.8, 4) is 0 Å². The first-order valence-electron chi connectivity index (χ1n) is 5.25. The second kappa shape index (κ2) is 4.92. The second-order valence-electron chi connectivity index (χ2n) is 4.14. The molecule has 2 nitrogen and oxygen atoms in total. The van der Waals surface area contributed by atoms with Crippen LogP contribution in [0.15, 0.2) is 18.2 Å². The summed E-state index contributed by atoms with van der Waals surface area (Å²) in [6.07, 6.45) is 0.577. The molecule has 0 saturated carbocycles. The normalized spacial score (nSPS) is 20.6. The summed E-state index contributed by atoms with van der Waals surface area (Å²) in [7, 11) is 0. The molecule has 1 atom stereocenters. The van der Waals surface area contributed by atoms with Crippen molar-refractivity contribution in [2.75, 3.05) is 17.3 Å². The van der Waals surface area contributed by atoms with Crippen molar-refractivity contribution in [2.45, 2.75) is 13.3 Å². The summed E-state index contributed by atoms with van der Waals surface area (Å²) in [6, 6.07) is 6.06. The summed E-state index contributed by atoms with van der Waals surface area (Å²) >= 11 is 8.11. The van der Waals surface area contributed by atoms with Gasteiger partial charge in [-0.05, 0) is 47.1 Å². The molecule has 1 aromatic rings. The molecule has 1 amide bonds. The number of amides is 1. The van der Waals surface area contributed by atoms with Crippen LogP contribution in [0.1, 0.15) is 12.0 Å². The quantitative estimate of drug-likeness (QED) is 0.593. The van der Waals surface area contributed by atoms with Crippen LogP contribution in [-0.4, -0.2) is 18.3 Å². The molecule has 2 rings (SSSR count). The first-order chi connectivity index (χ1) is 7.63. The van der Waals surface area contributed by atoms with E-state index in [4.69, 9.17) is 11.6 Å². The van der Waals surface area contributed by atoms with Crippen LogP contribution in [0.25, 0.3) is 0 Å². The third-order valence-corrected chi connectivity index (χ3v) is 4.73. The van der Waals surface area contributed by atoms with Crippen LogP contribution in [0.2, 0.25) is 0 Å². The zero-order valence-corrected chi connectivity index (χ0v) is 12.0. The van der Waals surface area contributed by atoms with Gasteiger partial charge in [-0.3, -0.25) is 4.79 Å². The van der Waals surface area contributed by atoms with Crippen LogP contribution in [0.3, 0.4) is 0 Å². The minimum absolute atomic E-state index is 0.189. The van der Waals surface area contributed by atoms with E-state index in [1.807, 2.05) is 17.0 Å². The Balaban J connectivity index is 2.31. The molecule has 0 spiro atoms. The standard InChI is InChI=1S/C12H13ClINO/c1-8-3-2-4-10(12(8)14)15-7-9(6-13)5-11(15)16/h2-4,9H,5-7H2,1H3. The molecule has 0 radical (unpaired) electrons. The summed E-state index contributed by atoms with van der Waals surface area (Å²) in [5.41, 5.74) is 2.23. The highest BCUT2D eigenvalue weighted by Gasteiger charge is 2.30. The Bertz CT molecular complexity index is 421. The molecule has 0 bridgehead atoms. The van der Waals surface area contributed by atoms with Gasteiger partial charge in [0.15, 0.2) is 0 Å². The van der Waals surface area contributed by atoms with Crippen molar-refractivity contribution in [2.24, 2.45) is 5.92 Å². The maximum Gasteiger partial charge on any atom is 0.227 e. The Morgan fingerprint density at radius 1 is 1.56 bits per heavy atom. The minimum Gasteiger partial charge on any atom is -0.311 e. The number of carbonyl (C=O) groups is 1. The Hall–Kier alpha value is -0.290. The molecule has 1 saturated heterocycles. The van der Waals surface area contributed by atoms with Crippen molar-refractivity contribution in [1.82, 2.24) is 0 Å². The van der Waals surface area contributed by atoms with Gasteiger partial charge < -0.3 is 4.90 Å². The number of anilines is 1. The molecule has 1 fully saturated rings. The number of alkyl halides is 1. The minimum atomic E-state index is 0.189. The van der Waals surface area contributed by atoms with Crippen LogP contribution in [0.4, 0.5) is 5.69 Å². The summed E-state index contributed by atoms with van der Waals surface area (Å²) in [4.78, 5) is 13.7. The Labute approximate surface area is 114 Å². The number of carbonyl (C=O) groups excluding carboxylic acids is 1. The number of halogens is 2. The van der Waals surface area contributed by atoms with Gasteiger partial charge in [-0.1, -0.05) is 12.1 Å². The molecule has 1 aliphatic rings.